The lowest BCUT2D eigenvalue weighted by atomic mass is 10.1. The fraction of sp³-hybridized carbons (Fsp3) is 0.571. The first-order valence-electron chi connectivity index (χ1n) is 6.51. The van der Waals surface area contributed by atoms with E-state index in [-0.39, 0.29) is 5.82 Å². The number of halogens is 1. The van der Waals surface area contributed by atoms with Crippen LogP contribution in [0.15, 0.2) is 18.2 Å². The molecule has 2 saturated heterocycles. The van der Waals surface area contributed by atoms with Crippen molar-refractivity contribution in [3.05, 3.63) is 29.6 Å². The molecule has 0 spiro atoms. The first-order chi connectivity index (χ1) is 8.24. The summed E-state index contributed by atoms with van der Waals surface area (Å²) < 4.78 is 13.2. The molecule has 0 amide bonds. The van der Waals surface area contributed by atoms with Crippen molar-refractivity contribution in [2.24, 2.45) is 0 Å². The van der Waals surface area contributed by atoms with Crippen LogP contribution in [0.25, 0.3) is 0 Å². The Hall–Kier alpha value is -1.09. The Kier molecular flexibility index (Phi) is 2.79. The predicted molar refractivity (Wildman–Crippen MR) is 67.8 cm³/mol. The van der Waals surface area contributed by atoms with E-state index >= 15 is 0 Å². The van der Waals surface area contributed by atoms with Crippen molar-refractivity contribution < 1.29 is 4.39 Å². The van der Waals surface area contributed by atoms with Crippen molar-refractivity contribution in [3.63, 3.8) is 0 Å². The average Bonchev–Trinajstić information content (AvgIpc) is 2.88. The molecule has 1 aromatic carbocycles. The Morgan fingerprint density at radius 2 is 2.18 bits per heavy atom. The van der Waals surface area contributed by atoms with Crippen molar-refractivity contribution in [1.29, 1.82) is 0 Å². The van der Waals surface area contributed by atoms with Gasteiger partial charge in [0.15, 0.2) is 0 Å². The Morgan fingerprint density at radius 3 is 3.00 bits per heavy atom. The van der Waals surface area contributed by atoms with Crippen molar-refractivity contribution in [2.75, 3.05) is 18.4 Å². The van der Waals surface area contributed by atoms with Crippen LogP contribution >= 0.6 is 0 Å². The molecule has 2 nitrogen and oxygen atoms in total. The minimum Gasteiger partial charge on any atom is -0.381 e. The number of benzene rings is 1. The smallest absolute Gasteiger partial charge is 0.126 e. The minimum absolute atomic E-state index is 0.121. The molecule has 3 heteroatoms. The highest BCUT2D eigenvalue weighted by Gasteiger charge is 2.36. The zero-order chi connectivity index (χ0) is 11.8. The Balaban J connectivity index is 1.72. The summed E-state index contributed by atoms with van der Waals surface area (Å²) in [5.74, 6) is -0.121. The molecule has 2 unspecified atom stereocenters. The standard InChI is InChI=1S/C14H19FN2/c1-10-9-11(4-5-12(10)15)16-13-6-8-17-7-2-3-14(13)17/h4-5,9,13-14,16H,2-3,6-8H2,1H3. The molecule has 2 fully saturated rings. The van der Waals surface area contributed by atoms with Crippen LogP contribution < -0.4 is 5.32 Å². The van der Waals surface area contributed by atoms with Crippen LogP contribution in [0.3, 0.4) is 0 Å². The number of hydrogen-bond acceptors (Lipinski definition) is 2. The number of fused-ring (bicyclic) bond motifs is 1. The van der Waals surface area contributed by atoms with Crippen molar-refractivity contribution in [2.45, 2.75) is 38.3 Å². The highest BCUT2D eigenvalue weighted by atomic mass is 19.1. The third-order valence-electron chi connectivity index (χ3n) is 4.12. The molecule has 2 aliphatic heterocycles. The molecule has 2 atom stereocenters. The third-order valence-corrected chi connectivity index (χ3v) is 4.12. The number of aryl methyl sites for hydroxylation is 1. The fourth-order valence-electron chi connectivity index (χ4n) is 3.20. The van der Waals surface area contributed by atoms with Gasteiger partial charge in [-0.15, -0.1) is 0 Å². The zero-order valence-corrected chi connectivity index (χ0v) is 10.2. The lowest BCUT2D eigenvalue weighted by Crippen LogP contribution is -2.33. The van der Waals surface area contributed by atoms with Gasteiger partial charge in [0, 0.05) is 24.3 Å². The van der Waals surface area contributed by atoms with E-state index in [1.807, 2.05) is 19.1 Å². The van der Waals surface area contributed by atoms with Crippen molar-refractivity contribution >= 4 is 5.69 Å². The summed E-state index contributed by atoms with van der Waals surface area (Å²) in [5.41, 5.74) is 1.78. The molecule has 2 aliphatic rings. The molecule has 0 aliphatic carbocycles. The van der Waals surface area contributed by atoms with E-state index < -0.39 is 0 Å². The highest BCUT2D eigenvalue weighted by molar-refractivity contribution is 5.47. The fourth-order valence-corrected chi connectivity index (χ4v) is 3.20. The normalized spacial score (nSPS) is 28.4. The topological polar surface area (TPSA) is 15.3 Å². The van der Waals surface area contributed by atoms with Gasteiger partial charge < -0.3 is 5.32 Å². The number of rotatable bonds is 2. The summed E-state index contributed by atoms with van der Waals surface area (Å²) in [7, 11) is 0. The largest absolute Gasteiger partial charge is 0.381 e. The van der Waals surface area contributed by atoms with E-state index in [0.717, 1.165) is 11.3 Å². The molecule has 0 aromatic heterocycles. The Bertz CT molecular complexity index is 419. The van der Waals surface area contributed by atoms with Gasteiger partial charge in [0.2, 0.25) is 0 Å². The lowest BCUT2D eigenvalue weighted by Gasteiger charge is -2.22. The molecule has 1 aromatic rings. The Labute approximate surface area is 102 Å². The van der Waals surface area contributed by atoms with Crippen LogP contribution in [0.2, 0.25) is 0 Å². The van der Waals surface area contributed by atoms with Gasteiger partial charge in [-0.2, -0.15) is 0 Å². The first-order valence-corrected chi connectivity index (χ1v) is 6.51. The van der Waals surface area contributed by atoms with Gasteiger partial charge in [-0.1, -0.05) is 0 Å². The second kappa shape index (κ2) is 4.30. The van der Waals surface area contributed by atoms with Crippen LogP contribution in [-0.2, 0) is 0 Å². The number of nitrogens with one attached hydrogen (secondary N) is 1. The maximum atomic E-state index is 13.2. The van der Waals surface area contributed by atoms with Gasteiger partial charge in [0.05, 0.1) is 0 Å². The second-order valence-electron chi connectivity index (χ2n) is 5.25. The van der Waals surface area contributed by atoms with Gasteiger partial charge in [-0.3, -0.25) is 4.90 Å². The third kappa shape index (κ3) is 2.04. The Morgan fingerprint density at radius 1 is 1.29 bits per heavy atom. The molecule has 0 saturated carbocycles. The summed E-state index contributed by atoms with van der Waals surface area (Å²) in [6.45, 7) is 4.28. The van der Waals surface area contributed by atoms with E-state index in [9.17, 15) is 4.39 Å². The van der Waals surface area contributed by atoms with Crippen LogP contribution in [0.1, 0.15) is 24.8 Å². The second-order valence-corrected chi connectivity index (χ2v) is 5.25. The molecule has 2 heterocycles. The monoisotopic (exact) mass is 234 g/mol. The summed E-state index contributed by atoms with van der Waals surface area (Å²) in [6.07, 6.45) is 3.84. The number of anilines is 1. The van der Waals surface area contributed by atoms with Crippen LogP contribution in [0, 0.1) is 12.7 Å². The van der Waals surface area contributed by atoms with Crippen molar-refractivity contribution in [1.82, 2.24) is 4.90 Å². The molecule has 3 rings (SSSR count). The van der Waals surface area contributed by atoms with E-state index in [4.69, 9.17) is 0 Å². The summed E-state index contributed by atoms with van der Waals surface area (Å²) in [6, 6.07) is 6.55. The molecule has 1 N–H and O–H groups in total. The predicted octanol–water partition coefficient (Wildman–Crippen LogP) is 2.78. The summed E-state index contributed by atoms with van der Waals surface area (Å²) >= 11 is 0. The summed E-state index contributed by atoms with van der Waals surface area (Å²) in [5, 5.41) is 3.57. The van der Waals surface area contributed by atoms with Gasteiger partial charge in [-0.05, 0) is 56.5 Å². The van der Waals surface area contributed by atoms with Gasteiger partial charge in [0.25, 0.3) is 0 Å². The first kappa shape index (κ1) is 11.0. The highest BCUT2D eigenvalue weighted by Crippen LogP contribution is 2.30. The minimum atomic E-state index is -0.121. The molecular formula is C14H19FN2. The van der Waals surface area contributed by atoms with Gasteiger partial charge >= 0.3 is 0 Å². The average molecular weight is 234 g/mol. The maximum Gasteiger partial charge on any atom is 0.126 e. The maximum absolute atomic E-state index is 13.2. The zero-order valence-electron chi connectivity index (χ0n) is 10.2. The summed E-state index contributed by atoms with van der Waals surface area (Å²) in [4.78, 5) is 2.58. The molecule has 0 bridgehead atoms. The number of hydrogen-bond donors (Lipinski definition) is 1. The van der Waals surface area contributed by atoms with E-state index in [1.165, 1.54) is 32.4 Å². The quantitative estimate of drug-likeness (QED) is 0.846. The molecule has 92 valence electrons. The van der Waals surface area contributed by atoms with E-state index in [2.05, 4.69) is 10.2 Å². The SMILES string of the molecule is Cc1cc(NC2CCN3CCCC23)ccc1F. The van der Waals surface area contributed by atoms with Crippen LogP contribution in [0.5, 0.6) is 0 Å². The van der Waals surface area contributed by atoms with E-state index in [1.54, 1.807) is 6.07 Å². The number of nitrogens with zero attached hydrogens (tertiary/aromatic N) is 1. The van der Waals surface area contributed by atoms with E-state index in [0.29, 0.717) is 12.1 Å². The van der Waals surface area contributed by atoms with Gasteiger partial charge in [-0.25, -0.2) is 4.39 Å². The van der Waals surface area contributed by atoms with Gasteiger partial charge in [0.1, 0.15) is 5.82 Å². The van der Waals surface area contributed by atoms with Crippen molar-refractivity contribution in [3.8, 4) is 0 Å². The van der Waals surface area contributed by atoms with Crippen LogP contribution in [-0.4, -0.2) is 30.1 Å². The molecular weight excluding hydrogens is 215 g/mol. The van der Waals surface area contributed by atoms with Crippen LogP contribution in [0.4, 0.5) is 10.1 Å². The molecule has 17 heavy (non-hydrogen) atoms. The lowest BCUT2D eigenvalue weighted by molar-refractivity contribution is 0.318. The molecule has 0 radical (unpaired) electrons.